The molecule has 0 radical (unpaired) electrons. The summed E-state index contributed by atoms with van der Waals surface area (Å²) >= 11 is 0. The second-order valence-corrected chi connectivity index (χ2v) is 3.14. The molecular weight excluding hydrogens is 136 g/mol. The van der Waals surface area contributed by atoms with Crippen LogP contribution in [-0.4, -0.2) is 0 Å². The minimum atomic E-state index is -0.138. The number of nitrogens with one attached hydrogen (secondary N) is 1. The van der Waals surface area contributed by atoms with Gasteiger partial charge in [-0.25, -0.2) is 0 Å². The van der Waals surface area contributed by atoms with Gasteiger partial charge in [-0.2, -0.15) is 0 Å². The van der Waals surface area contributed by atoms with Crippen LogP contribution in [-0.2, 0) is 5.54 Å². The van der Waals surface area contributed by atoms with E-state index in [1.54, 1.807) is 0 Å². The zero-order valence-electron chi connectivity index (χ0n) is 6.96. The highest BCUT2D eigenvalue weighted by atomic mass is 15.3. The molecule has 0 unspecified atom stereocenters. The first kappa shape index (κ1) is 8.24. The molecule has 0 spiro atoms. The number of rotatable bonds is 2. The van der Waals surface area contributed by atoms with Gasteiger partial charge in [0.2, 0.25) is 0 Å². The summed E-state index contributed by atoms with van der Waals surface area (Å²) in [6.45, 7) is 4.09. The van der Waals surface area contributed by atoms with Gasteiger partial charge in [0.1, 0.15) is 0 Å². The summed E-state index contributed by atoms with van der Waals surface area (Å²) in [5.74, 6) is 5.39. The van der Waals surface area contributed by atoms with Crippen molar-refractivity contribution in [1.29, 1.82) is 0 Å². The van der Waals surface area contributed by atoms with Gasteiger partial charge in [0.05, 0.1) is 5.54 Å². The molecule has 1 aromatic rings. The molecule has 0 saturated carbocycles. The summed E-state index contributed by atoms with van der Waals surface area (Å²) in [4.78, 5) is 0. The molecule has 3 N–H and O–H groups in total. The van der Waals surface area contributed by atoms with Crippen LogP contribution >= 0.6 is 0 Å². The van der Waals surface area contributed by atoms with Crippen molar-refractivity contribution >= 4 is 0 Å². The Morgan fingerprint density at radius 2 is 1.73 bits per heavy atom. The minimum absolute atomic E-state index is 0.138. The monoisotopic (exact) mass is 150 g/mol. The highest BCUT2D eigenvalue weighted by molar-refractivity contribution is 5.22. The van der Waals surface area contributed by atoms with Crippen molar-refractivity contribution in [2.24, 2.45) is 5.84 Å². The van der Waals surface area contributed by atoms with Crippen LogP contribution in [0, 0.1) is 0 Å². The molecular formula is C9H14N2. The number of nitrogens with two attached hydrogens (primary N) is 1. The molecule has 0 aliphatic heterocycles. The third-order valence-electron chi connectivity index (χ3n) is 1.86. The second-order valence-electron chi connectivity index (χ2n) is 3.14. The van der Waals surface area contributed by atoms with E-state index in [1.807, 2.05) is 32.0 Å². The Balaban J connectivity index is 2.93. The summed E-state index contributed by atoms with van der Waals surface area (Å²) < 4.78 is 0. The number of benzene rings is 1. The fourth-order valence-corrected chi connectivity index (χ4v) is 0.938. The lowest BCUT2D eigenvalue weighted by molar-refractivity contribution is 0.414. The van der Waals surface area contributed by atoms with E-state index in [4.69, 9.17) is 5.84 Å². The Labute approximate surface area is 67.4 Å². The van der Waals surface area contributed by atoms with Gasteiger partial charge in [-0.3, -0.25) is 11.3 Å². The van der Waals surface area contributed by atoms with Gasteiger partial charge >= 0.3 is 0 Å². The number of hydrogen-bond donors (Lipinski definition) is 2. The maximum Gasteiger partial charge on any atom is 0.0513 e. The number of hydrazine groups is 1. The van der Waals surface area contributed by atoms with Gasteiger partial charge in [-0.05, 0) is 19.4 Å². The van der Waals surface area contributed by atoms with E-state index in [-0.39, 0.29) is 5.54 Å². The van der Waals surface area contributed by atoms with Crippen molar-refractivity contribution in [3.63, 3.8) is 0 Å². The van der Waals surface area contributed by atoms with Crippen LogP contribution in [0.15, 0.2) is 30.3 Å². The molecule has 60 valence electrons. The second kappa shape index (κ2) is 3.03. The van der Waals surface area contributed by atoms with Gasteiger partial charge in [0, 0.05) is 0 Å². The molecule has 0 aliphatic rings. The third-order valence-corrected chi connectivity index (χ3v) is 1.86. The van der Waals surface area contributed by atoms with Crippen molar-refractivity contribution in [2.45, 2.75) is 19.4 Å². The summed E-state index contributed by atoms with van der Waals surface area (Å²) in [6, 6.07) is 10.1. The molecule has 0 atom stereocenters. The van der Waals surface area contributed by atoms with Crippen molar-refractivity contribution in [2.75, 3.05) is 0 Å². The van der Waals surface area contributed by atoms with Crippen LogP contribution < -0.4 is 11.3 Å². The predicted octanol–water partition coefficient (Wildman–Crippen LogP) is 1.38. The van der Waals surface area contributed by atoms with E-state index in [0.29, 0.717) is 0 Å². The van der Waals surface area contributed by atoms with Crippen molar-refractivity contribution in [3.8, 4) is 0 Å². The normalized spacial score (nSPS) is 11.5. The first-order valence-electron chi connectivity index (χ1n) is 3.70. The molecule has 0 aromatic heterocycles. The predicted molar refractivity (Wildman–Crippen MR) is 46.8 cm³/mol. The smallest absolute Gasteiger partial charge is 0.0513 e. The van der Waals surface area contributed by atoms with Crippen LogP contribution in [0.25, 0.3) is 0 Å². The lowest BCUT2D eigenvalue weighted by atomic mass is 9.95. The fraction of sp³-hybridized carbons (Fsp3) is 0.333. The molecule has 0 amide bonds. The molecule has 1 rings (SSSR count). The fourth-order valence-electron chi connectivity index (χ4n) is 0.938. The lowest BCUT2D eigenvalue weighted by Crippen LogP contribution is -2.41. The van der Waals surface area contributed by atoms with Crippen LogP contribution in [0.3, 0.4) is 0 Å². The van der Waals surface area contributed by atoms with Crippen LogP contribution in [0.5, 0.6) is 0 Å². The standard InChI is InChI=1S/C9H14N2/c1-9(2,11-10)8-6-4-3-5-7-8/h3-7,11H,10H2,1-2H3. The van der Waals surface area contributed by atoms with Crippen LogP contribution in [0.4, 0.5) is 0 Å². The van der Waals surface area contributed by atoms with Gasteiger partial charge in [0.25, 0.3) is 0 Å². The largest absolute Gasteiger partial charge is 0.271 e. The third kappa shape index (κ3) is 1.79. The maximum atomic E-state index is 5.39. The Hall–Kier alpha value is -0.860. The molecule has 2 heteroatoms. The van der Waals surface area contributed by atoms with E-state index >= 15 is 0 Å². The highest BCUT2D eigenvalue weighted by Crippen LogP contribution is 2.17. The first-order chi connectivity index (χ1) is 5.17. The molecule has 0 heterocycles. The Morgan fingerprint density at radius 3 is 2.18 bits per heavy atom. The first-order valence-corrected chi connectivity index (χ1v) is 3.70. The molecule has 0 aliphatic carbocycles. The minimum Gasteiger partial charge on any atom is -0.271 e. The quantitative estimate of drug-likeness (QED) is 0.494. The van der Waals surface area contributed by atoms with Gasteiger partial charge in [-0.1, -0.05) is 30.3 Å². The van der Waals surface area contributed by atoms with E-state index in [1.165, 1.54) is 5.56 Å². The van der Waals surface area contributed by atoms with Crippen LogP contribution in [0.2, 0.25) is 0 Å². The molecule has 2 nitrogen and oxygen atoms in total. The van der Waals surface area contributed by atoms with Crippen molar-refractivity contribution in [3.05, 3.63) is 35.9 Å². The number of hydrogen-bond acceptors (Lipinski definition) is 2. The van der Waals surface area contributed by atoms with Gasteiger partial charge in [0.15, 0.2) is 0 Å². The molecule has 11 heavy (non-hydrogen) atoms. The van der Waals surface area contributed by atoms with Gasteiger partial charge in [-0.15, -0.1) is 0 Å². The average Bonchev–Trinajstić information content (AvgIpc) is 2.06. The average molecular weight is 150 g/mol. The lowest BCUT2D eigenvalue weighted by Gasteiger charge is -2.23. The summed E-state index contributed by atoms with van der Waals surface area (Å²) in [7, 11) is 0. The molecule has 1 aromatic carbocycles. The molecule has 0 saturated heterocycles. The highest BCUT2D eigenvalue weighted by Gasteiger charge is 2.16. The van der Waals surface area contributed by atoms with E-state index in [2.05, 4.69) is 17.6 Å². The summed E-state index contributed by atoms with van der Waals surface area (Å²) in [6.07, 6.45) is 0. The Morgan fingerprint density at radius 1 is 1.18 bits per heavy atom. The van der Waals surface area contributed by atoms with E-state index in [9.17, 15) is 0 Å². The van der Waals surface area contributed by atoms with Crippen molar-refractivity contribution in [1.82, 2.24) is 5.43 Å². The Kier molecular flexibility index (Phi) is 2.27. The molecule has 0 fully saturated rings. The van der Waals surface area contributed by atoms with Gasteiger partial charge < -0.3 is 0 Å². The summed E-state index contributed by atoms with van der Waals surface area (Å²) in [5, 5.41) is 0. The summed E-state index contributed by atoms with van der Waals surface area (Å²) in [5.41, 5.74) is 3.82. The SMILES string of the molecule is CC(C)(NN)c1ccccc1. The Bertz CT molecular complexity index is 216. The molecule has 0 bridgehead atoms. The topological polar surface area (TPSA) is 38.0 Å². The van der Waals surface area contributed by atoms with E-state index < -0.39 is 0 Å². The van der Waals surface area contributed by atoms with E-state index in [0.717, 1.165) is 0 Å². The zero-order valence-corrected chi connectivity index (χ0v) is 6.96. The zero-order chi connectivity index (χ0) is 8.32. The van der Waals surface area contributed by atoms with Crippen LogP contribution in [0.1, 0.15) is 19.4 Å². The van der Waals surface area contributed by atoms with Crippen molar-refractivity contribution < 1.29 is 0 Å². The maximum absolute atomic E-state index is 5.39.